The molecule has 1 aliphatic heterocycles. The van der Waals surface area contributed by atoms with E-state index in [1.807, 2.05) is 30.3 Å². The Labute approximate surface area is 141 Å². The Balaban J connectivity index is 1.45. The first-order valence-electron chi connectivity index (χ1n) is 8.66. The lowest BCUT2D eigenvalue weighted by Crippen LogP contribution is -2.46. The lowest BCUT2D eigenvalue weighted by atomic mass is 10.2. The number of rotatable bonds is 4. The van der Waals surface area contributed by atoms with Crippen LogP contribution in [-0.2, 0) is 16.1 Å². The van der Waals surface area contributed by atoms with Crippen LogP contribution < -0.4 is 0 Å². The van der Waals surface area contributed by atoms with E-state index in [4.69, 9.17) is 4.42 Å². The first-order valence-corrected chi connectivity index (χ1v) is 8.66. The van der Waals surface area contributed by atoms with Gasteiger partial charge in [0, 0.05) is 24.9 Å². The summed E-state index contributed by atoms with van der Waals surface area (Å²) in [7, 11) is 1.79. The van der Waals surface area contributed by atoms with Gasteiger partial charge in [0.1, 0.15) is 17.4 Å². The maximum atomic E-state index is 12.8. The number of fused-ring (bicyclic) bond motifs is 1. The van der Waals surface area contributed by atoms with E-state index in [0.29, 0.717) is 13.1 Å². The van der Waals surface area contributed by atoms with E-state index in [2.05, 4.69) is 0 Å². The summed E-state index contributed by atoms with van der Waals surface area (Å²) in [5.74, 6) is 1.12. The summed E-state index contributed by atoms with van der Waals surface area (Å²) in [5, 5.41) is 1.04. The fourth-order valence-electron chi connectivity index (χ4n) is 3.53. The summed E-state index contributed by atoms with van der Waals surface area (Å²) >= 11 is 0. The van der Waals surface area contributed by atoms with E-state index in [0.717, 1.165) is 42.4 Å². The third kappa shape index (κ3) is 2.79. The minimum atomic E-state index is -0.299. The molecule has 2 fully saturated rings. The van der Waals surface area contributed by atoms with Crippen molar-refractivity contribution < 1.29 is 14.0 Å². The van der Waals surface area contributed by atoms with Gasteiger partial charge in [0.05, 0.1) is 6.54 Å². The lowest BCUT2D eigenvalue weighted by molar-refractivity contribution is -0.144. The van der Waals surface area contributed by atoms with Crippen LogP contribution in [0.5, 0.6) is 0 Å². The second kappa shape index (κ2) is 5.96. The topological polar surface area (TPSA) is 53.8 Å². The average Bonchev–Trinajstić information content (AvgIpc) is 3.17. The van der Waals surface area contributed by atoms with E-state index in [1.165, 1.54) is 0 Å². The molecule has 5 nitrogen and oxygen atoms in total. The molecule has 126 valence electrons. The standard InChI is InChI=1S/C19H22N2O3/c1-20(12-15-11-14-5-2-3-7-17(14)24-15)19(23)16-6-4-10-21(16)18(22)13-8-9-13/h2-3,5,7,11,13,16H,4,6,8-10,12H2,1H3. The van der Waals surface area contributed by atoms with Crippen LogP contribution in [0.15, 0.2) is 34.7 Å². The molecule has 1 aromatic carbocycles. The van der Waals surface area contributed by atoms with Gasteiger partial charge in [-0.15, -0.1) is 0 Å². The Bertz CT molecular complexity index is 745. The maximum absolute atomic E-state index is 12.8. The van der Waals surface area contributed by atoms with Crippen LogP contribution in [0.2, 0.25) is 0 Å². The van der Waals surface area contributed by atoms with Gasteiger partial charge in [-0.25, -0.2) is 0 Å². The van der Waals surface area contributed by atoms with E-state index < -0.39 is 0 Å². The number of carbonyl (C=O) groups is 2. The monoisotopic (exact) mass is 326 g/mol. The number of likely N-dealkylation sites (N-methyl/N-ethyl adjacent to an activating group) is 1. The molecule has 5 heteroatoms. The van der Waals surface area contributed by atoms with Crippen LogP contribution in [0.4, 0.5) is 0 Å². The zero-order chi connectivity index (χ0) is 16.7. The van der Waals surface area contributed by atoms with Gasteiger partial charge < -0.3 is 14.2 Å². The van der Waals surface area contributed by atoms with Crippen LogP contribution in [0.25, 0.3) is 11.0 Å². The third-order valence-corrected chi connectivity index (χ3v) is 4.99. The Hall–Kier alpha value is -2.30. The van der Waals surface area contributed by atoms with Gasteiger partial charge in [0.25, 0.3) is 0 Å². The normalized spacial score (nSPS) is 20.5. The van der Waals surface area contributed by atoms with Gasteiger partial charge in [0.2, 0.25) is 11.8 Å². The van der Waals surface area contributed by atoms with Gasteiger partial charge in [-0.2, -0.15) is 0 Å². The van der Waals surface area contributed by atoms with Crippen molar-refractivity contribution in [2.24, 2.45) is 5.92 Å². The molecule has 1 saturated heterocycles. The van der Waals surface area contributed by atoms with Crippen LogP contribution in [0.3, 0.4) is 0 Å². The van der Waals surface area contributed by atoms with Crippen molar-refractivity contribution >= 4 is 22.8 Å². The van der Waals surface area contributed by atoms with Crippen molar-refractivity contribution in [3.8, 4) is 0 Å². The zero-order valence-corrected chi connectivity index (χ0v) is 13.9. The van der Waals surface area contributed by atoms with E-state index >= 15 is 0 Å². The molecule has 2 heterocycles. The molecule has 0 spiro atoms. The number of hydrogen-bond donors (Lipinski definition) is 0. The number of para-hydroxylation sites is 1. The number of benzene rings is 1. The highest BCUT2D eigenvalue weighted by Gasteiger charge is 2.41. The van der Waals surface area contributed by atoms with Crippen molar-refractivity contribution in [2.45, 2.75) is 38.3 Å². The summed E-state index contributed by atoms with van der Waals surface area (Å²) in [6.07, 6.45) is 3.63. The van der Waals surface area contributed by atoms with Crippen molar-refractivity contribution in [2.75, 3.05) is 13.6 Å². The summed E-state index contributed by atoms with van der Waals surface area (Å²) in [5.41, 5.74) is 0.833. The largest absolute Gasteiger partial charge is 0.459 e. The van der Waals surface area contributed by atoms with Gasteiger partial charge in [-0.3, -0.25) is 9.59 Å². The summed E-state index contributed by atoms with van der Waals surface area (Å²) in [4.78, 5) is 28.7. The predicted octanol–water partition coefficient (Wildman–Crippen LogP) is 2.79. The van der Waals surface area contributed by atoms with Crippen LogP contribution in [0, 0.1) is 5.92 Å². The number of carbonyl (C=O) groups excluding carboxylic acids is 2. The second-order valence-corrected chi connectivity index (χ2v) is 6.91. The van der Waals surface area contributed by atoms with Crippen LogP contribution in [-0.4, -0.2) is 41.2 Å². The fourth-order valence-corrected chi connectivity index (χ4v) is 3.53. The molecule has 0 N–H and O–H groups in total. The van der Waals surface area contributed by atoms with Gasteiger partial charge in [-0.05, 0) is 37.8 Å². The molecule has 24 heavy (non-hydrogen) atoms. The minimum Gasteiger partial charge on any atom is -0.459 e. The Morgan fingerprint density at radius 1 is 1.25 bits per heavy atom. The van der Waals surface area contributed by atoms with E-state index in [9.17, 15) is 9.59 Å². The van der Waals surface area contributed by atoms with Crippen molar-refractivity contribution in [3.05, 3.63) is 36.1 Å². The molecule has 1 unspecified atom stereocenters. The molecule has 2 aliphatic rings. The minimum absolute atomic E-state index is 0.0157. The molecular weight excluding hydrogens is 304 g/mol. The Morgan fingerprint density at radius 3 is 2.79 bits per heavy atom. The number of nitrogens with zero attached hydrogens (tertiary/aromatic N) is 2. The Morgan fingerprint density at radius 2 is 2.04 bits per heavy atom. The van der Waals surface area contributed by atoms with Gasteiger partial charge in [-0.1, -0.05) is 18.2 Å². The predicted molar refractivity (Wildman–Crippen MR) is 90.1 cm³/mol. The number of hydrogen-bond acceptors (Lipinski definition) is 3. The summed E-state index contributed by atoms with van der Waals surface area (Å²) in [6.45, 7) is 1.14. The number of likely N-dealkylation sites (tertiary alicyclic amines) is 1. The highest BCUT2D eigenvalue weighted by atomic mass is 16.3. The lowest BCUT2D eigenvalue weighted by Gasteiger charge is -2.27. The summed E-state index contributed by atoms with van der Waals surface area (Å²) in [6, 6.07) is 9.50. The molecule has 1 aliphatic carbocycles. The second-order valence-electron chi connectivity index (χ2n) is 6.91. The van der Waals surface area contributed by atoms with Crippen LogP contribution in [0.1, 0.15) is 31.4 Å². The Kier molecular flexibility index (Phi) is 3.79. The quantitative estimate of drug-likeness (QED) is 0.868. The highest BCUT2D eigenvalue weighted by Crippen LogP contribution is 2.34. The third-order valence-electron chi connectivity index (χ3n) is 4.99. The molecule has 2 aromatic rings. The molecule has 2 amide bonds. The summed E-state index contributed by atoms with van der Waals surface area (Å²) < 4.78 is 5.80. The smallest absolute Gasteiger partial charge is 0.245 e. The highest BCUT2D eigenvalue weighted by molar-refractivity contribution is 5.90. The van der Waals surface area contributed by atoms with Crippen molar-refractivity contribution in [1.82, 2.24) is 9.80 Å². The molecule has 1 atom stereocenters. The molecule has 0 radical (unpaired) electrons. The van der Waals surface area contributed by atoms with E-state index in [-0.39, 0.29) is 23.8 Å². The average molecular weight is 326 g/mol. The van der Waals surface area contributed by atoms with Crippen molar-refractivity contribution in [3.63, 3.8) is 0 Å². The molecular formula is C19H22N2O3. The van der Waals surface area contributed by atoms with E-state index in [1.54, 1.807) is 16.8 Å². The van der Waals surface area contributed by atoms with Gasteiger partial charge >= 0.3 is 0 Å². The molecule has 0 bridgehead atoms. The number of amides is 2. The van der Waals surface area contributed by atoms with Crippen molar-refractivity contribution in [1.29, 1.82) is 0 Å². The molecule has 4 rings (SSSR count). The van der Waals surface area contributed by atoms with Crippen LogP contribution >= 0.6 is 0 Å². The maximum Gasteiger partial charge on any atom is 0.245 e. The molecule has 1 aromatic heterocycles. The SMILES string of the molecule is CN(Cc1cc2ccccc2o1)C(=O)C1CCCN1C(=O)C1CC1. The zero-order valence-electron chi connectivity index (χ0n) is 13.9. The van der Waals surface area contributed by atoms with Gasteiger partial charge in [0.15, 0.2) is 0 Å². The fraction of sp³-hybridized carbons (Fsp3) is 0.474. The number of furan rings is 1. The first kappa shape index (κ1) is 15.2. The first-order chi connectivity index (χ1) is 11.6. The molecule has 1 saturated carbocycles.